The predicted octanol–water partition coefficient (Wildman–Crippen LogP) is 3.05. The summed E-state index contributed by atoms with van der Waals surface area (Å²) in [5.41, 5.74) is 10.5. The van der Waals surface area contributed by atoms with Gasteiger partial charge >= 0.3 is 0 Å². The maximum absolute atomic E-state index is 6.13. The van der Waals surface area contributed by atoms with Crippen LogP contribution in [0.4, 0.5) is 0 Å². The summed E-state index contributed by atoms with van der Waals surface area (Å²) in [6.07, 6.45) is 3.66. The zero-order chi connectivity index (χ0) is 14.0. The van der Waals surface area contributed by atoms with Gasteiger partial charge in [-0.1, -0.05) is 44.0 Å². The quantitative estimate of drug-likeness (QED) is 0.873. The smallest absolute Gasteiger partial charge is 0.0219 e. The maximum Gasteiger partial charge on any atom is 0.0219 e. The zero-order valence-corrected chi connectivity index (χ0v) is 12.8. The molecule has 106 valence electrons. The lowest BCUT2D eigenvalue weighted by Gasteiger charge is -2.30. The molecule has 2 unspecified atom stereocenters. The molecule has 1 aromatic rings. The van der Waals surface area contributed by atoms with E-state index in [0.717, 1.165) is 6.54 Å². The molecule has 0 aromatic heterocycles. The van der Waals surface area contributed by atoms with E-state index in [1.807, 2.05) is 0 Å². The standard InChI is InChI=1S/C17H28N2/c1-12-8-9-14(13(2)10-12)17(3,4)11-19-16-7-5-6-15(16)18/h8-10,15-16,19H,5-7,11,18H2,1-4H3. The van der Waals surface area contributed by atoms with E-state index in [1.54, 1.807) is 0 Å². The molecule has 0 saturated heterocycles. The van der Waals surface area contributed by atoms with Crippen LogP contribution < -0.4 is 11.1 Å². The van der Waals surface area contributed by atoms with Crippen LogP contribution in [0, 0.1) is 13.8 Å². The van der Waals surface area contributed by atoms with Gasteiger partial charge in [-0.25, -0.2) is 0 Å². The molecule has 2 rings (SSSR count). The Bertz CT molecular complexity index is 437. The number of nitrogens with two attached hydrogens (primary N) is 1. The maximum atomic E-state index is 6.13. The Hall–Kier alpha value is -0.860. The molecule has 19 heavy (non-hydrogen) atoms. The molecular formula is C17H28N2. The molecular weight excluding hydrogens is 232 g/mol. The van der Waals surface area contributed by atoms with Crippen molar-refractivity contribution in [3.8, 4) is 0 Å². The fraction of sp³-hybridized carbons (Fsp3) is 0.647. The number of aryl methyl sites for hydroxylation is 2. The van der Waals surface area contributed by atoms with Gasteiger partial charge in [-0.2, -0.15) is 0 Å². The molecule has 1 aliphatic rings. The van der Waals surface area contributed by atoms with Gasteiger partial charge in [-0.3, -0.25) is 0 Å². The molecule has 1 aromatic carbocycles. The monoisotopic (exact) mass is 260 g/mol. The van der Waals surface area contributed by atoms with Gasteiger partial charge in [0, 0.05) is 24.0 Å². The first-order valence-corrected chi connectivity index (χ1v) is 7.47. The van der Waals surface area contributed by atoms with Gasteiger partial charge in [-0.05, 0) is 37.8 Å². The van der Waals surface area contributed by atoms with Crippen LogP contribution in [0.2, 0.25) is 0 Å². The molecule has 2 heteroatoms. The molecule has 1 fully saturated rings. The van der Waals surface area contributed by atoms with Crippen molar-refractivity contribution in [2.24, 2.45) is 5.73 Å². The van der Waals surface area contributed by atoms with Crippen molar-refractivity contribution in [1.29, 1.82) is 0 Å². The Kier molecular flexibility index (Phi) is 4.32. The first-order chi connectivity index (χ1) is 8.90. The highest BCUT2D eigenvalue weighted by atomic mass is 15.0. The Morgan fingerprint density at radius 1 is 1.26 bits per heavy atom. The van der Waals surface area contributed by atoms with Crippen molar-refractivity contribution in [2.45, 2.75) is 64.5 Å². The van der Waals surface area contributed by atoms with Crippen LogP contribution in [0.3, 0.4) is 0 Å². The molecule has 0 amide bonds. The summed E-state index contributed by atoms with van der Waals surface area (Å²) in [6, 6.07) is 7.62. The minimum absolute atomic E-state index is 0.153. The molecule has 1 saturated carbocycles. The summed E-state index contributed by atoms with van der Waals surface area (Å²) >= 11 is 0. The number of benzene rings is 1. The van der Waals surface area contributed by atoms with E-state index in [2.05, 4.69) is 51.2 Å². The molecule has 2 nitrogen and oxygen atoms in total. The van der Waals surface area contributed by atoms with E-state index in [0.29, 0.717) is 12.1 Å². The largest absolute Gasteiger partial charge is 0.326 e. The van der Waals surface area contributed by atoms with Crippen LogP contribution in [0.5, 0.6) is 0 Å². The van der Waals surface area contributed by atoms with Crippen LogP contribution >= 0.6 is 0 Å². The average molecular weight is 260 g/mol. The summed E-state index contributed by atoms with van der Waals surface area (Å²) in [4.78, 5) is 0. The number of nitrogens with one attached hydrogen (secondary N) is 1. The lowest BCUT2D eigenvalue weighted by molar-refractivity contribution is 0.399. The SMILES string of the molecule is Cc1ccc(C(C)(C)CNC2CCCC2N)c(C)c1. The topological polar surface area (TPSA) is 38.0 Å². The van der Waals surface area contributed by atoms with Gasteiger partial charge < -0.3 is 11.1 Å². The average Bonchev–Trinajstić information content (AvgIpc) is 2.72. The molecule has 0 bridgehead atoms. The summed E-state index contributed by atoms with van der Waals surface area (Å²) < 4.78 is 0. The van der Waals surface area contributed by atoms with Gasteiger partial charge in [0.05, 0.1) is 0 Å². The zero-order valence-electron chi connectivity index (χ0n) is 12.8. The normalized spacial score (nSPS) is 23.8. The van der Waals surface area contributed by atoms with E-state index >= 15 is 0 Å². The molecule has 3 N–H and O–H groups in total. The van der Waals surface area contributed by atoms with Crippen LogP contribution in [-0.4, -0.2) is 18.6 Å². The second-order valence-corrected chi connectivity index (χ2v) is 6.78. The van der Waals surface area contributed by atoms with E-state index in [9.17, 15) is 0 Å². The third kappa shape index (κ3) is 3.37. The summed E-state index contributed by atoms with van der Waals surface area (Å²) in [5.74, 6) is 0. The lowest BCUT2D eigenvalue weighted by Crippen LogP contribution is -2.45. The number of rotatable bonds is 4. The van der Waals surface area contributed by atoms with E-state index in [1.165, 1.54) is 36.0 Å². The van der Waals surface area contributed by atoms with Crippen molar-refractivity contribution < 1.29 is 0 Å². The van der Waals surface area contributed by atoms with Gasteiger partial charge in [0.2, 0.25) is 0 Å². The minimum Gasteiger partial charge on any atom is -0.326 e. The van der Waals surface area contributed by atoms with E-state index in [4.69, 9.17) is 5.73 Å². The second kappa shape index (κ2) is 5.64. The van der Waals surface area contributed by atoms with Crippen molar-refractivity contribution in [1.82, 2.24) is 5.32 Å². The second-order valence-electron chi connectivity index (χ2n) is 6.78. The Balaban J connectivity index is 2.04. The third-order valence-electron chi connectivity index (χ3n) is 4.49. The highest BCUT2D eigenvalue weighted by molar-refractivity contribution is 5.35. The fourth-order valence-electron chi connectivity index (χ4n) is 3.30. The first-order valence-electron chi connectivity index (χ1n) is 7.47. The molecule has 0 heterocycles. The molecule has 2 atom stereocenters. The Labute approximate surface area is 117 Å². The van der Waals surface area contributed by atoms with Crippen LogP contribution in [0.1, 0.15) is 49.8 Å². The Morgan fingerprint density at radius 3 is 2.58 bits per heavy atom. The highest BCUT2D eigenvalue weighted by Crippen LogP contribution is 2.27. The predicted molar refractivity (Wildman–Crippen MR) is 82.6 cm³/mol. The lowest BCUT2D eigenvalue weighted by atomic mass is 9.81. The van der Waals surface area contributed by atoms with Gasteiger partial charge in [0.1, 0.15) is 0 Å². The molecule has 0 aliphatic heterocycles. The minimum atomic E-state index is 0.153. The first kappa shape index (κ1) is 14.5. The van der Waals surface area contributed by atoms with Crippen LogP contribution in [0.25, 0.3) is 0 Å². The van der Waals surface area contributed by atoms with Crippen molar-refractivity contribution >= 4 is 0 Å². The summed E-state index contributed by atoms with van der Waals surface area (Å²) in [7, 11) is 0. The van der Waals surface area contributed by atoms with E-state index < -0.39 is 0 Å². The van der Waals surface area contributed by atoms with E-state index in [-0.39, 0.29) is 5.41 Å². The Morgan fingerprint density at radius 2 is 2.00 bits per heavy atom. The highest BCUT2D eigenvalue weighted by Gasteiger charge is 2.27. The van der Waals surface area contributed by atoms with Gasteiger partial charge in [-0.15, -0.1) is 0 Å². The molecule has 0 spiro atoms. The van der Waals surface area contributed by atoms with Crippen molar-refractivity contribution in [3.63, 3.8) is 0 Å². The summed E-state index contributed by atoms with van der Waals surface area (Å²) in [5, 5.41) is 3.69. The van der Waals surface area contributed by atoms with Crippen LogP contribution in [0.15, 0.2) is 18.2 Å². The molecule has 0 radical (unpaired) electrons. The fourth-order valence-corrected chi connectivity index (χ4v) is 3.30. The third-order valence-corrected chi connectivity index (χ3v) is 4.49. The number of hydrogen-bond acceptors (Lipinski definition) is 2. The summed E-state index contributed by atoms with van der Waals surface area (Å²) in [6.45, 7) is 10.00. The molecule has 1 aliphatic carbocycles. The van der Waals surface area contributed by atoms with Crippen LogP contribution in [-0.2, 0) is 5.41 Å². The van der Waals surface area contributed by atoms with Crippen molar-refractivity contribution in [3.05, 3.63) is 34.9 Å². The van der Waals surface area contributed by atoms with Crippen molar-refractivity contribution in [2.75, 3.05) is 6.54 Å². The van der Waals surface area contributed by atoms with Gasteiger partial charge in [0.25, 0.3) is 0 Å². The van der Waals surface area contributed by atoms with Gasteiger partial charge in [0.15, 0.2) is 0 Å². The number of hydrogen-bond donors (Lipinski definition) is 2.